The van der Waals surface area contributed by atoms with Crippen molar-refractivity contribution < 1.29 is 19.0 Å². The highest BCUT2D eigenvalue weighted by Crippen LogP contribution is 2.34. The van der Waals surface area contributed by atoms with Gasteiger partial charge < -0.3 is 29.7 Å². The van der Waals surface area contributed by atoms with Gasteiger partial charge in [-0.3, -0.25) is 4.79 Å². The molecule has 0 spiro atoms. The number of anilines is 2. The number of hydrogen-bond acceptors (Lipinski definition) is 8. The Morgan fingerprint density at radius 3 is 2.03 bits per heavy atom. The molecule has 35 heavy (non-hydrogen) atoms. The van der Waals surface area contributed by atoms with Gasteiger partial charge in [0.25, 0.3) is 5.91 Å². The van der Waals surface area contributed by atoms with Crippen molar-refractivity contribution in [1.82, 2.24) is 14.9 Å². The first-order chi connectivity index (χ1) is 16.9. The molecule has 0 radical (unpaired) electrons. The van der Waals surface area contributed by atoms with Crippen molar-refractivity contribution in [3.05, 3.63) is 41.0 Å². The largest absolute Gasteiger partial charge is 0.496 e. The molecule has 2 heterocycles. The van der Waals surface area contributed by atoms with E-state index in [2.05, 4.69) is 23.7 Å². The number of nitrogens with two attached hydrogens (primary N) is 1. The minimum atomic E-state index is 0.0347. The molecular weight excluding hydrogens is 446 g/mol. The van der Waals surface area contributed by atoms with E-state index < -0.39 is 0 Å². The molecule has 186 valence electrons. The first-order valence-electron chi connectivity index (χ1n) is 11.9. The molecule has 9 nitrogen and oxygen atoms in total. The Hall–Kier alpha value is -3.75. The maximum atomic E-state index is 13.3. The first-order valence-corrected chi connectivity index (χ1v) is 11.9. The highest BCUT2D eigenvalue weighted by atomic mass is 16.5. The van der Waals surface area contributed by atoms with Crippen molar-refractivity contribution in [2.75, 3.05) is 58.1 Å². The number of nitrogens with zero attached hydrogens (tertiary/aromatic N) is 4. The molecule has 1 aliphatic rings. The summed E-state index contributed by atoms with van der Waals surface area (Å²) >= 11 is 0. The van der Waals surface area contributed by atoms with Crippen LogP contribution in [0.2, 0.25) is 0 Å². The highest BCUT2D eigenvalue weighted by molar-refractivity contribution is 5.95. The molecule has 2 N–H and O–H groups in total. The summed E-state index contributed by atoms with van der Waals surface area (Å²) in [7, 11) is 4.84. The van der Waals surface area contributed by atoms with Crippen LogP contribution in [0.5, 0.6) is 17.2 Å². The van der Waals surface area contributed by atoms with Crippen molar-refractivity contribution in [2.24, 2.45) is 0 Å². The fraction of sp³-hybridized carbons (Fsp3) is 0.423. The Labute approximate surface area is 205 Å². The van der Waals surface area contributed by atoms with Gasteiger partial charge in [-0.15, -0.1) is 0 Å². The Bertz CT molecular complexity index is 1210. The van der Waals surface area contributed by atoms with E-state index in [9.17, 15) is 4.79 Å². The number of aromatic nitrogens is 2. The van der Waals surface area contributed by atoms with Crippen LogP contribution in [0.4, 0.5) is 11.8 Å². The van der Waals surface area contributed by atoms with E-state index in [4.69, 9.17) is 24.9 Å². The molecule has 0 bridgehead atoms. The Morgan fingerprint density at radius 1 is 0.886 bits per heavy atom. The Morgan fingerprint density at radius 2 is 1.49 bits per heavy atom. The zero-order valence-corrected chi connectivity index (χ0v) is 21.1. The van der Waals surface area contributed by atoms with E-state index in [0.717, 1.165) is 29.7 Å². The summed E-state index contributed by atoms with van der Waals surface area (Å²) in [6.07, 6.45) is 1.62. The normalized spacial score (nSPS) is 13.7. The molecule has 0 atom stereocenters. The van der Waals surface area contributed by atoms with Crippen LogP contribution >= 0.6 is 0 Å². The number of methoxy groups -OCH3 is 3. The van der Waals surface area contributed by atoms with Crippen LogP contribution in [0.3, 0.4) is 0 Å². The number of hydrogen-bond donors (Lipinski definition) is 1. The molecule has 1 saturated heterocycles. The maximum Gasteiger partial charge on any atom is 0.253 e. The number of fused-ring (bicyclic) bond motifs is 1. The number of nitrogen functional groups attached to an aromatic ring is 1. The van der Waals surface area contributed by atoms with Crippen molar-refractivity contribution >= 4 is 28.6 Å². The monoisotopic (exact) mass is 479 g/mol. The molecule has 4 rings (SSSR count). The van der Waals surface area contributed by atoms with Gasteiger partial charge in [0.1, 0.15) is 11.6 Å². The fourth-order valence-electron chi connectivity index (χ4n) is 4.57. The molecule has 9 heteroatoms. The van der Waals surface area contributed by atoms with Gasteiger partial charge in [-0.25, -0.2) is 4.98 Å². The second-order valence-electron chi connectivity index (χ2n) is 8.45. The van der Waals surface area contributed by atoms with E-state index in [-0.39, 0.29) is 5.91 Å². The number of ether oxygens (including phenoxy) is 3. The van der Waals surface area contributed by atoms with Gasteiger partial charge in [0.05, 0.1) is 26.8 Å². The quantitative estimate of drug-likeness (QED) is 0.551. The average molecular weight is 480 g/mol. The van der Waals surface area contributed by atoms with Crippen molar-refractivity contribution in [2.45, 2.75) is 26.7 Å². The Balaban J connectivity index is 1.53. The van der Waals surface area contributed by atoms with E-state index in [0.29, 0.717) is 65.9 Å². The van der Waals surface area contributed by atoms with Crippen LogP contribution in [-0.4, -0.2) is 68.3 Å². The lowest BCUT2D eigenvalue weighted by molar-refractivity contribution is 0.0746. The maximum absolute atomic E-state index is 13.3. The summed E-state index contributed by atoms with van der Waals surface area (Å²) in [6.45, 7) is 6.52. The molecule has 0 unspecified atom stereocenters. The second-order valence-corrected chi connectivity index (χ2v) is 8.45. The molecule has 0 aliphatic carbocycles. The topological polar surface area (TPSA) is 103 Å². The highest BCUT2D eigenvalue weighted by Gasteiger charge is 2.25. The third kappa shape index (κ3) is 4.62. The van der Waals surface area contributed by atoms with Crippen LogP contribution in [-0.2, 0) is 12.8 Å². The molecular formula is C26H33N5O4. The van der Waals surface area contributed by atoms with Crippen molar-refractivity contribution in [3.63, 3.8) is 0 Å². The molecule has 1 amide bonds. The molecule has 1 fully saturated rings. The number of rotatable bonds is 7. The summed E-state index contributed by atoms with van der Waals surface area (Å²) in [6, 6.07) is 7.51. The first kappa shape index (κ1) is 24.4. The lowest BCUT2D eigenvalue weighted by Crippen LogP contribution is -2.49. The van der Waals surface area contributed by atoms with Gasteiger partial charge in [-0.1, -0.05) is 13.8 Å². The molecule has 3 aromatic rings. The number of piperazine rings is 1. The van der Waals surface area contributed by atoms with E-state index in [1.807, 2.05) is 17.0 Å². The second kappa shape index (κ2) is 10.2. The third-order valence-corrected chi connectivity index (χ3v) is 6.52. The van der Waals surface area contributed by atoms with E-state index in [1.165, 1.54) is 0 Å². The summed E-state index contributed by atoms with van der Waals surface area (Å²) in [5.74, 6) is 2.99. The van der Waals surface area contributed by atoms with Crippen molar-refractivity contribution in [1.29, 1.82) is 0 Å². The summed E-state index contributed by atoms with van der Waals surface area (Å²) in [4.78, 5) is 26.5. The average Bonchev–Trinajstić information content (AvgIpc) is 2.90. The number of benzene rings is 2. The minimum absolute atomic E-state index is 0.0347. The van der Waals surface area contributed by atoms with Crippen LogP contribution in [0.1, 0.15) is 35.3 Å². The number of carbonyl (C=O) groups is 1. The molecule has 2 aromatic carbocycles. The van der Waals surface area contributed by atoms with Gasteiger partial charge in [-0.2, -0.15) is 4.98 Å². The lowest BCUT2D eigenvalue weighted by Gasteiger charge is -2.35. The van der Waals surface area contributed by atoms with Crippen molar-refractivity contribution in [3.8, 4) is 17.2 Å². The standard InChI is InChI=1S/C26H33N5O4/c1-6-16-12-18(13-17(7-2)23(16)35-5)25(32)30-8-10-31(11-9-30)26-28-20-15-22(34-4)21(33-3)14-19(20)24(27)29-26/h12-15H,6-11H2,1-5H3,(H2,27,28,29). The SMILES string of the molecule is CCc1cc(C(=O)N2CCN(c3nc(N)c4cc(OC)c(OC)cc4n3)CC2)cc(CC)c1OC. The fourth-order valence-corrected chi connectivity index (χ4v) is 4.57. The third-order valence-electron chi connectivity index (χ3n) is 6.52. The molecule has 1 aromatic heterocycles. The van der Waals surface area contributed by atoms with Gasteiger partial charge in [0, 0.05) is 43.2 Å². The number of carbonyl (C=O) groups excluding carboxylic acids is 1. The van der Waals surface area contributed by atoms with Gasteiger partial charge in [0.15, 0.2) is 11.5 Å². The smallest absolute Gasteiger partial charge is 0.253 e. The predicted octanol–water partition coefficient (Wildman–Crippen LogP) is 3.33. The van der Waals surface area contributed by atoms with E-state index >= 15 is 0 Å². The Kier molecular flexibility index (Phi) is 7.14. The molecule has 1 aliphatic heterocycles. The van der Waals surface area contributed by atoms with Crippen LogP contribution in [0.25, 0.3) is 10.9 Å². The van der Waals surface area contributed by atoms with Crippen LogP contribution < -0.4 is 24.8 Å². The zero-order chi connectivity index (χ0) is 25.1. The summed E-state index contributed by atoms with van der Waals surface area (Å²) in [5, 5.41) is 0.707. The van der Waals surface area contributed by atoms with Crippen LogP contribution in [0, 0.1) is 0 Å². The number of amides is 1. The molecule has 0 saturated carbocycles. The minimum Gasteiger partial charge on any atom is -0.496 e. The summed E-state index contributed by atoms with van der Waals surface area (Å²) in [5.41, 5.74) is 9.76. The van der Waals surface area contributed by atoms with E-state index in [1.54, 1.807) is 33.5 Å². The number of aryl methyl sites for hydroxylation is 2. The van der Waals surface area contributed by atoms with Crippen LogP contribution in [0.15, 0.2) is 24.3 Å². The lowest BCUT2D eigenvalue weighted by atomic mass is 9.99. The zero-order valence-electron chi connectivity index (χ0n) is 21.1. The summed E-state index contributed by atoms with van der Waals surface area (Å²) < 4.78 is 16.4. The van der Waals surface area contributed by atoms with Gasteiger partial charge in [-0.05, 0) is 42.2 Å². The predicted molar refractivity (Wildman–Crippen MR) is 137 cm³/mol. The van der Waals surface area contributed by atoms with Gasteiger partial charge >= 0.3 is 0 Å². The van der Waals surface area contributed by atoms with Gasteiger partial charge in [0.2, 0.25) is 5.95 Å².